The molecule has 0 spiro atoms. The number of guanidine groups is 2. The first-order chi connectivity index (χ1) is 51.3. The van der Waals surface area contributed by atoms with Gasteiger partial charge in [0.1, 0.15) is 77.7 Å². The number of pyridine rings is 1. The Kier molecular flexibility index (Phi) is 47.3. The maximum atomic E-state index is 14.7. The van der Waals surface area contributed by atoms with Gasteiger partial charge in [0.2, 0.25) is 70.9 Å². The fourth-order valence-corrected chi connectivity index (χ4v) is 11.3. The highest BCUT2D eigenvalue weighted by Gasteiger charge is 2.39. The number of thiol groups is 2. The molecule has 27 N–H and O–H groups in total. The van der Waals surface area contributed by atoms with Crippen molar-refractivity contribution in [3.8, 4) is 0 Å². The second-order valence-electron chi connectivity index (χ2n) is 29.0. The van der Waals surface area contributed by atoms with Gasteiger partial charge in [0.05, 0.1) is 19.3 Å². The first-order valence-corrected chi connectivity index (χ1v) is 38.4. The van der Waals surface area contributed by atoms with E-state index in [0.29, 0.717) is 19.3 Å². The van der Waals surface area contributed by atoms with Crippen molar-refractivity contribution < 1.29 is 72.5 Å². The number of hydrogen-bond acceptors (Lipinski definition) is 22. The lowest BCUT2D eigenvalue weighted by atomic mass is 9.98. The number of aliphatic hydroxyl groups excluding tert-OH is 2. The molecule has 37 nitrogen and oxygen atoms in total. The summed E-state index contributed by atoms with van der Waals surface area (Å²) in [4.78, 5) is 195. The summed E-state index contributed by atoms with van der Waals surface area (Å²) < 4.78 is 0. The van der Waals surface area contributed by atoms with Crippen molar-refractivity contribution in [2.75, 3.05) is 50.9 Å². The van der Waals surface area contributed by atoms with Crippen LogP contribution in [0.15, 0.2) is 34.4 Å². The smallest absolute Gasteiger partial charge is 0.270 e. The van der Waals surface area contributed by atoms with E-state index in [-0.39, 0.29) is 150 Å². The molecule has 0 saturated heterocycles. The zero-order valence-electron chi connectivity index (χ0n) is 65.0. The Morgan fingerprint density at radius 1 is 0.413 bits per heavy atom. The van der Waals surface area contributed by atoms with Crippen LogP contribution in [0.1, 0.15) is 177 Å². The Morgan fingerprint density at radius 3 is 1.10 bits per heavy atom. The average molecular weight is 1580 g/mol. The Labute approximate surface area is 650 Å². The molecule has 12 unspecified atom stereocenters. The number of nitrogens with two attached hydrogens (primary N) is 6. The van der Waals surface area contributed by atoms with Gasteiger partial charge < -0.3 is 114 Å². The van der Waals surface area contributed by atoms with E-state index in [1.807, 2.05) is 27.7 Å². The monoisotopic (exact) mass is 1580 g/mol. The van der Waals surface area contributed by atoms with Gasteiger partial charge >= 0.3 is 0 Å². The summed E-state index contributed by atoms with van der Waals surface area (Å²) in [7, 11) is 0. The standard InChI is InChI=1S/C70H126N22O15S2/c1-38(2)30-49(61(101)81-43(34-93)36-108)86-63(103)51(32-40(5)6)85-59(99)47(24-19-29-79-69(75)76)83-60(100)48(22-13-16-26-72)91-67(107)70(10,11)92-66(106)52(33-41(7)8)88-58(98)45(21-12-15-25-71)82-57(97)46(23-18-28-78-68(73)74)84-62(102)50(31-39(3)4)87-65(105)54(37-109)90-64(104)53(35-94)89-55(95)42(9)80-56(96)44-20-14-17-27-77-44/h14,17,20,27,38-43,45-54,93-94,108-109H,12-13,15-16,18-19,21-26,28-37,71-72H2,1-11H3,(H,80,96)(H,81,101)(H,82,97)(H,83,100)(H,84,102)(H,85,99)(H,86,103)(H,87,105)(H,88,98)(H,89,95)(H,90,104)(H,91,107)(H,92,106)(H4,73,74,78)(H4,75,76,79). The molecule has 0 aliphatic carbocycles. The van der Waals surface area contributed by atoms with Gasteiger partial charge in [0.25, 0.3) is 5.91 Å². The van der Waals surface area contributed by atoms with E-state index in [1.165, 1.54) is 33.0 Å². The Balaban J connectivity index is 3.64. The van der Waals surface area contributed by atoms with Crippen molar-refractivity contribution in [3.63, 3.8) is 0 Å². The molecule has 0 aromatic carbocycles. The van der Waals surface area contributed by atoms with Crippen molar-refractivity contribution in [3.05, 3.63) is 30.1 Å². The highest BCUT2D eigenvalue weighted by Crippen LogP contribution is 2.16. The van der Waals surface area contributed by atoms with Crippen molar-refractivity contribution in [1.29, 1.82) is 0 Å². The van der Waals surface area contributed by atoms with Gasteiger partial charge in [-0.2, -0.15) is 25.3 Å². The Hall–Kier alpha value is -8.66. The summed E-state index contributed by atoms with van der Waals surface area (Å²) >= 11 is 8.43. The topological polar surface area (TPSA) is 612 Å². The minimum Gasteiger partial charge on any atom is -0.394 e. The average Bonchev–Trinajstić information content (AvgIpc) is 0.842. The lowest BCUT2D eigenvalue weighted by molar-refractivity contribution is -0.138. The first kappa shape index (κ1) is 98.3. The van der Waals surface area contributed by atoms with E-state index in [9.17, 15) is 72.5 Å². The maximum absolute atomic E-state index is 14.7. The van der Waals surface area contributed by atoms with Crippen LogP contribution in [-0.4, -0.2) is 233 Å². The zero-order valence-corrected chi connectivity index (χ0v) is 66.8. The lowest BCUT2D eigenvalue weighted by Gasteiger charge is -2.32. The second kappa shape index (κ2) is 52.4. The van der Waals surface area contributed by atoms with Crippen LogP contribution in [0.3, 0.4) is 0 Å². The number of aliphatic hydroxyl groups is 2. The van der Waals surface area contributed by atoms with Crippen LogP contribution in [-0.2, 0) is 57.5 Å². The van der Waals surface area contributed by atoms with Crippen molar-refractivity contribution >= 4 is 114 Å². The number of aromatic nitrogens is 1. The summed E-state index contributed by atoms with van der Waals surface area (Å²) in [5.74, 6) is -12.1. The molecule has 0 fully saturated rings. The molecule has 618 valence electrons. The largest absolute Gasteiger partial charge is 0.394 e. The fraction of sp³-hybridized carbons (Fsp3) is 0.714. The molecular weight excluding hydrogens is 1450 g/mol. The maximum Gasteiger partial charge on any atom is 0.270 e. The molecule has 1 aromatic heterocycles. The van der Waals surface area contributed by atoms with Gasteiger partial charge in [-0.3, -0.25) is 77.3 Å². The summed E-state index contributed by atoms with van der Waals surface area (Å²) in [6.45, 7) is 17.6. The molecule has 0 bridgehead atoms. The van der Waals surface area contributed by atoms with Crippen LogP contribution >= 0.6 is 25.3 Å². The summed E-state index contributed by atoms with van der Waals surface area (Å²) in [6, 6.07) is -10.9. The van der Waals surface area contributed by atoms with Gasteiger partial charge in [-0.05, 0) is 160 Å². The predicted octanol–water partition coefficient (Wildman–Crippen LogP) is -4.18. The third kappa shape index (κ3) is 39.5. The minimum absolute atomic E-state index is 0.00125. The fourth-order valence-electron chi connectivity index (χ4n) is 10.8. The van der Waals surface area contributed by atoms with E-state index in [2.05, 4.69) is 109 Å². The minimum atomic E-state index is -1.83. The molecule has 1 aromatic rings. The van der Waals surface area contributed by atoms with Gasteiger partial charge in [-0.15, -0.1) is 0 Å². The number of carbonyl (C=O) groups is 13. The zero-order chi connectivity index (χ0) is 82.7. The van der Waals surface area contributed by atoms with Crippen LogP contribution in [0.4, 0.5) is 0 Å². The highest BCUT2D eigenvalue weighted by molar-refractivity contribution is 7.80. The SMILES string of the molecule is CC(C)CC(NC(=O)C(CC(C)C)NC(=O)C(CCCN=C(N)N)NC(=O)C(CCCCN)NC(=O)C(C)(C)NC(=O)C(CC(C)C)NC(=O)C(CCCCN)NC(=O)C(CCCN=C(N)N)NC(=O)C(CC(C)C)NC(=O)C(CS)NC(=O)C(CO)NC(=O)C(C)NC(=O)c1ccccn1)C(=O)NC(CO)CS. The Morgan fingerprint density at radius 2 is 0.752 bits per heavy atom. The summed E-state index contributed by atoms with van der Waals surface area (Å²) in [5.41, 5.74) is 32.3. The molecule has 109 heavy (non-hydrogen) atoms. The van der Waals surface area contributed by atoms with Crippen molar-refractivity contribution in [2.45, 2.75) is 244 Å². The van der Waals surface area contributed by atoms with E-state index in [1.54, 1.807) is 39.8 Å². The van der Waals surface area contributed by atoms with Gasteiger partial charge in [-0.25, -0.2) is 0 Å². The van der Waals surface area contributed by atoms with Crippen LogP contribution in [0, 0.1) is 23.7 Å². The number of amides is 13. The molecule has 0 saturated carbocycles. The molecule has 12 atom stereocenters. The molecule has 1 heterocycles. The number of hydrogen-bond donors (Lipinski definition) is 23. The van der Waals surface area contributed by atoms with Gasteiger partial charge in [-0.1, -0.05) is 61.5 Å². The number of rotatable bonds is 54. The predicted molar refractivity (Wildman–Crippen MR) is 420 cm³/mol. The quantitative estimate of drug-likeness (QED) is 0.0127. The molecule has 39 heteroatoms. The van der Waals surface area contributed by atoms with Gasteiger partial charge in [0, 0.05) is 30.8 Å². The number of aliphatic imine (C=N–C) groups is 2. The van der Waals surface area contributed by atoms with E-state index in [0.717, 1.165) is 0 Å². The summed E-state index contributed by atoms with van der Waals surface area (Å²) in [6.07, 6.45) is 3.13. The van der Waals surface area contributed by atoms with Crippen LogP contribution < -0.4 is 104 Å². The summed E-state index contributed by atoms with van der Waals surface area (Å²) in [5, 5.41) is 54.2. The third-order valence-electron chi connectivity index (χ3n) is 16.7. The van der Waals surface area contributed by atoms with Crippen LogP contribution in [0.2, 0.25) is 0 Å². The molecule has 0 aliphatic heterocycles. The van der Waals surface area contributed by atoms with E-state index < -0.39 is 168 Å². The number of unbranched alkanes of at least 4 members (excludes halogenated alkanes) is 2. The molecule has 0 aliphatic rings. The number of carbonyl (C=O) groups excluding carboxylic acids is 13. The van der Waals surface area contributed by atoms with E-state index >= 15 is 0 Å². The Bertz CT molecular complexity index is 3120. The normalized spacial score (nSPS) is 14.7. The molecular formula is C70H126N22O15S2. The van der Waals surface area contributed by atoms with Crippen LogP contribution in [0.5, 0.6) is 0 Å². The van der Waals surface area contributed by atoms with Crippen molar-refractivity contribution in [2.24, 2.45) is 68.1 Å². The lowest BCUT2D eigenvalue weighted by Crippen LogP contribution is -2.63. The third-order valence-corrected chi connectivity index (χ3v) is 17.5. The second-order valence-corrected chi connectivity index (χ2v) is 29.8. The first-order valence-electron chi connectivity index (χ1n) is 37.1. The van der Waals surface area contributed by atoms with E-state index in [4.69, 9.17) is 34.4 Å². The molecule has 0 radical (unpaired) electrons. The molecule has 13 amide bonds. The van der Waals surface area contributed by atoms with Gasteiger partial charge in [0.15, 0.2) is 11.9 Å². The van der Waals surface area contributed by atoms with Crippen LogP contribution in [0.25, 0.3) is 0 Å². The molecule has 1 rings (SSSR count). The number of nitrogens with zero attached hydrogens (tertiary/aromatic N) is 3. The number of nitrogens with one attached hydrogen (secondary N) is 13. The highest BCUT2D eigenvalue weighted by atomic mass is 32.1. The van der Waals surface area contributed by atoms with Crippen molar-refractivity contribution in [1.82, 2.24) is 74.1 Å².